The molecule has 11 aromatic rings. The Morgan fingerprint density at radius 3 is 1.36 bits per heavy atom. The number of nitrogens with zero attached hydrogens (tertiary/aromatic N) is 6. The average Bonchev–Trinajstić information content (AvgIpc) is 4.17. The monoisotopic (exact) mass is 1110 g/mol. The number of fused-ring (bicyclic) bond motifs is 3. The number of aromatic nitrogens is 6. The summed E-state index contributed by atoms with van der Waals surface area (Å²) >= 11 is 3.53. The van der Waals surface area contributed by atoms with Crippen LogP contribution in [0.5, 0.6) is 0 Å². The lowest BCUT2D eigenvalue weighted by Crippen LogP contribution is -1.94. The molecule has 6 aromatic heterocycles. The number of hydrogen-bond acceptors (Lipinski definition) is 9. The van der Waals surface area contributed by atoms with Gasteiger partial charge in [-0.2, -0.15) is 34.5 Å². The van der Waals surface area contributed by atoms with Crippen LogP contribution in [-0.4, -0.2) is 54.2 Å². The van der Waals surface area contributed by atoms with Crippen molar-refractivity contribution >= 4 is 50.8 Å². The van der Waals surface area contributed by atoms with E-state index >= 15 is 0 Å². The predicted molar refractivity (Wildman–Crippen MR) is 284 cm³/mol. The maximum Gasteiger partial charge on any atom is 0.384 e. The highest BCUT2D eigenvalue weighted by Crippen LogP contribution is 2.31. The van der Waals surface area contributed by atoms with Crippen LogP contribution in [0.25, 0.3) is 50.3 Å². The van der Waals surface area contributed by atoms with Crippen LogP contribution in [0.15, 0.2) is 205 Å². The Labute approximate surface area is 451 Å². The summed E-state index contributed by atoms with van der Waals surface area (Å²) in [6.45, 7) is 2.03. The molecule has 0 radical (unpaired) electrons. The zero-order chi connectivity index (χ0) is 56.4. The number of carbonyl (C=O) groups excluding carboxylic acids is 5. The van der Waals surface area contributed by atoms with Gasteiger partial charge in [-0.25, -0.2) is 40.3 Å². The number of aryl methyl sites for hydroxylation is 1. The van der Waals surface area contributed by atoms with Crippen LogP contribution >= 0.6 is 15.9 Å². The lowest BCUT2D eigenvalue weighted by atomic mass is 10.1. The summed E-state index contributed by atoms with van der Waals surface area (Å²) in [4.78, 5) is 43.1. The van der Waals surface area contributed by atoms with Crippen LogP contribution in [0.1, 0.15) is 16.7 Å². The number of methoxy groups -OCH3 is 1. The molecule has 0 aliphatic carbocycles. The van der Waals surface area contributed by atoms with Crippen LogP contribution in [-0.2, 0) is 28.7 Å². The fourth-order valence-electron chi connectivity index (χ4n) is 6.72. The number of hydrogen-bond donors (Lipinski definition) is 0. The molecular formula is C60H40BrF5N6O6. The van der Waals surface area contributed by atoms with E-state index in [2.05, 4.69) is 53.7 Å². The number of halogens is 6. The van der Waals surface area contributed by atoms with E-state index in [0.29, 0.717) is 11.1 Å². The van der Waals surface area contributed by atoms with Crippen molar-refractivity contribution in [1.82, 2.24) is 28.8 Å². The largest absolute Gasteiger partial charge is 0.459 e. The summed E-state index contributed by atoms with van der Waals surface area (Å²) in [5.41, 5.74) is 10.8. The van der Waals surface area contributed by atoms with Crippen molar-refractivity contribution in [3.05, 3.63) is 251 Å². The van der Waals surface area contributed by atoms with Crippen molar-refractivity contribution in [3.8, 4) is 58.0 Å². The van der Waals surface area contributed by atoms with E-state index in [9.17, 15) is 26.7 Å². The molecule has 0 atom stereocenters. The van der Waals surface area contributed by atoms with Crippen LogP contribution in [0, 0.1) is 60.2 Å². The molecule has 0 bridgehead atoms. The van der Waals surface area contributed by atoms with Gasteiger partial charge in [0.15, 0.2) is 0 Å². The molecule has 0 amide bonds. The predicted octanol–water partition coefficient (Wildman–Crippen LogP) is 12.5. The molecule has 0 aliphatic heterocycles. The van der Waals surface area contributed by atoms with Gasteiger partial charge in [0, 0.05) is 57.9 Å². The third kappa shape index (κ3) is 17.4. The van der Waals surface area contributed by atoms with Gasteiger partial charge in [-0.15, -0.1) is 6.42 Å². The number of esters is 1. The summed E-state index contributed by atoms with van der Waals surface area (Å²) < 4.78 is 73.8. The van der Waals surface area contributed by atoms with Gasteiger partial charge in [0.1, 0.15) is 34.8 Å². The molecule has 18 heteroatoms. The number of pyridine rings is 3. The molecule has 0 fully saturated rings. The molecule has 78 heavy (non-hydrogen) atoms. The van der Waals surface area contributed by atoms with Crippen LogP contribution < -0.4 is 0 Å². The first kappa shape index (κ1) is 58.5. The molecule has 0 spiro atoms. The lowest BCUT2D eigenvalue weighted by Gasteiger charge is -1.97. The van der Waals surface area contributed by atoms with E-state index in [1.165, 1.54) is 79.9 Å². The number of terminal acetylenes is 1. The zero-order valence-electron chi connectivity index (χ0n) is 41.0. The number of ether oxygens (including phenoxy) is 1. The maximum absolute atomic E-state index is 12.9. The quantitative estimate of drug-likeness (QED) is 0.0958. The highest BCUT2D eigenvalue weighted by molar-refractivity contribution is 9.10. The summed E-state index contributed by atoms with van der Waals surface area (Å²) in [6.07, 6.45) is 11.2. The normalized spacial score (nSPS) is 9.58. The molecule has 0 aliphatic rings. The van der Waals surface area contributed by atoms with Gasteiger partial charge in [0.2, 0.25) is 0 Å². The van der Waals surface area contributed by atoms with Crippen LogP contribution in [0.4, 0.5) is 22.0 Å². The van der Waals surface area contributed by atoms with E-state index in [1.807, 2.05) is 90.7 Å². The Bertz CT molecular complexity index is 3730. The van der Waals surface area contributed by atoms with E-state index in [-0.39, 0.29) is 41.4 Å². The minimum atomic E-state index is -0.607. The van der Waals surface area contributed by atoms with Gasteiger partial charge in [0.05, 0.1) is 39.5 Å². The molecule has 12 nitrogen and oxygen atoms in total. The molecule has 0 unspecified atom stereocenters. The van der Waals surface area contributed by atoms with Crippen molar-refractivity contribution in [1.29, 1.82) is 0 Å². The summed E-state index contributed by atoms with van der Waals surface area (Å²) in [5.74, 6) is 5.26. The van der Waals surface area contributed by atoms with Crippen LogP contribution in [0.2, 0.25) is 0 Å². The fraction of sp³-hybridized carbons (Fsp3) is 0.0333. The Balaban J connectivity index is 0.000000177. The van der Waals surface area contributed by atoms with Crippen LogP contribution in [0.3, 0.4) is 0 Å². The first-order valence-corrected chi connectivity index (χ1v) is 23.4. The standard InChI is InChI=1S/C14H11FN2.C13H8BrFN2.C13H9FN2.C10H7FO2.C8H5F.2CO2/c1-10-13-4-2-3-9-17(13)16-14(10)11-5-7-12(15)8-6-11;14-12-11-3-1-2-8-17(11)16-13(12)9-4-6-10(15)7-5-9;14-11-6-4-10(5-7-11)13-9-12-3-1-2-8-16(12)15-13;1-13-10(12)7-4-8-2-5-9(11)6-3-8;1-2-7-3-5-8(9)6-4-7;2*2-1-3/h2-9H,1H3;1-8H;1-9H;2-3,5-6H,1H3;1,3-6H;;. The smallest absolute Gasteiger partial charge is 0.384 e. The number of carbonyl (C=O) groups is 1. The summed E-state index contributed by atoms with van der Waals surface area (Å²) in [6, 6.07) is 50.1. The maximum atomic E-state index is 12.9. The Hall–Kier alpha value is -10.4. The second-order valence-electron chi connectivity index (χ2n) is 15.4. The highest BCUT2D eigenvalue weighted by atomic mass is 79.9. The number of benzene rings is 5. The van der Waals surface area contributed by atoms with Crippen molar-refractivity contribution in [2.24, 2.45) is 0 Å². The minimum absolute atomic E-state index is 0.227. The van der Waals surface area contributed by atoms with Gasteiger partial charge < -0.3 is 4.74 Å². The average molecular weight is 1120 g/mol. The van der Waals surface area contributed by atoms with Gasteiger partial charge in [-0.1, -0.05) is 30.0 Å². The van der Waals surface area contributed by atoms with Crippen molar-refractivity contribution in [3.63, 3.8) is 0 Å². The first-order chi connectivity index (χ1) is 37.7. The van der Waals surface area contributed by atoms with E-state index in [0.717, 1.165) is 60.4 Å². The lowest BCUT2D eigenvalue weighted by molar-refractivity contribution is -0.193. The van der Waals surface area contributed by atoms with Crippen molar-refractivity contribution in [2.75, 3.05) is 7.11 Å². The molecule has 11 rings (SSSR count). The highest BCUT2D eigenvalue weighted by Gasteiger charge is 2.12. The van der Waals surface area contributed by atoms with E-state index < -0.39 is 5.97 Å². The Morgan fingerprint density at radius 2 is 0.910 bits per heavy atom. The summed E-state index contributed by atoms with van der Waals surface area (Å²) in [5, 5.41) is 13.4. The molecule has 388 valence electrons. The SMILES string of the molecule is C#Cc1ccc(F)cc1.COC(=O)C#Cc1ccc(F)cc1.Cc1c(-c2ccc(F)cc2)nn2ccccc12.Fc1ccc(-c2cc3ccccn3n2)cc1.Fc1ccc(-c2nn3ccccc3c2Br)cc1.O=C=O.O=C=O. The third-order valence-corrected chi connectivity index (χ3v) is 11.1. The van der Waals surface area contributed by atoms with Crippen molar-refractivity contribution < 1.29 is 50.7 Å². The fourth-order valence-corrected chi connectivity index (χ4v) is 7.34. The summed E-state index contributed by atoms with van der Waals surface area (Å²) in [7, 11) is 1.25. The van der Waals surface area contributed by atoms with Gasteiger partial charge in [-0.05, 0) is 187 Å². The van der Waals surface area contributed by atoms with Crippen molar-refractivity contribution in [2.45, 2.75) is 6.92 Å². The second kappa shape index (κ2) is 30.1. The molecule has 0 saturated carbocycles. The van der Waals surface area contributed by atoms with E-state index in [4.69, 9.17) is 25.6 Å². The molecule has 6 heterocycles. The molecule has 0 saturated heterocycles. The molecule has 0 N–H and O–H groups in total. The van der Waals surface area contributed by atoms with Gasteiger partial charge in [0.25, 0.3) is 0 Å². The zero-order valence-corrected chi connectivity index (χ0v) is 42.6. The first-order valence-electron chi connectivity index (χ1n) is 22.6. The number of rotatable bonds is 3. The van der Waals surface area contributed by atoms with Gasteiger partial charge in [-0.3, -0.25) is 0 Å². The minimum Gasteiger partial charge on any atom is -0.459 e. The molecule has 5 aromatic carbocycles. The van der Waals surface area contributed by atoms with E-state index in [1.54, 1.807) is 57.6 Å². The molecular weight excluding hydrogens is 1080 g/mol. The third-order valence-electron chi connectivity index (χ3n) is 10.4. The van der Waals surface area contributed by atoms with Gasteiger partial charge >= 0.3 is 18.3 Å². The Kier molecular flexibility index (Phi) is 22.6. The topological polar surface area (TPSA) is 146 Å². The Morgan fingerprint density at radius 1 is 0.513 bits per heavy atom. The second-order valence-corrected chi connectivity index (χ2v) is 16.2.